The van der Waals surface area contributed by atoms with E-state index in [4.69, 9.17) is 0 Å². The van der Waals surface area contributed by atoms with Gasteiger partial charge in [0.25, 0.3) is 5.56 Å². The smallest absolute Gasteiger partial charge is 0.274 e. The lowest BCUT2D eigenvalue weighted by atomic mass is 10.3. The molecule has 0 aliphatic rings. The lowest BCUT2D eigenvalue weighted by Crippen LogP contribution is -2.05. The molecule has 0 saturated heterocycles. The predicted octanol–water partition coefficient (Wildman–Crippen LogP) is 0.480. The zero-order chi connectivity index (χ0) is 11.0. The van der Waals surface area contributed by atoms with Gasteiger partial charge < -0.3 is 4.98 Å². The molecule has 0 bridgehead atoms. The van der Waals surface area contributed by atoms with Crippen molar-refractivity contribution >= 4 is 5.78 Å². The molecule has 6 nitrogen and oxygen atoms in total. The summed E-state index contributed by atoms with van der Waals surface area (Å²) in [5, 5.41) is 4.22. The molecule has 3 rings (SSSR count). The fourth-order valence-corrected chi connectivity index (χ4v) is 1.42. The molecule has 3 aromatic heterocycles. The molecule has 78 valence electrons. The molecular formula is C10H7N5O. The summed E-state index contributed by atoms with van der Waals surface area (Å²) in [7, 11) is 0. The lowest BCUT2D eigenvalue weighted by Gasteiger charge is -1.90. The minimum Gasteiger partial charge on any atom is -0.305 e. The molecule has 3 heterocycles. The van der Waals surface area contributed by atoms with Gasteiger partial charge in [0.15, 0.2) is 5.82 Å². The van der Waals surface area contributed by atoms with Crippen molar-refractivity contribution in [1.82, 2.24) is 24.6 Å². The highest BCUT2D eigenvalue weighted by molar-refractivity contribution is 5.50. The lowest BCUT2D eigenvalue weighted by molar-refractivity contribution is 0.931. The summed E-state index contributed by atoms with van der Waals surface area (Å²) in [6.45, 7) is 0. The van der Waals surface area contributed by atoms with Crippen molar-refractivity contribution in [1.29, 1.82) is 0 Å². The third-order valence-corrected chi connectivity index (χ3v) is 2.14. The van der Waals surface area contributed by atoms with Gasteiger partial charge in [0, 0.05) is 18.5 Å². The molecule has 0 amide bonds. The molecule has 1 N–H and O–H groups in total. The van der Waals surface area contributed by atoms with Crippen LogP contribution in [0.25, 0.3) is 17.3 Å². The van der Waals surface area contributed by atoms with Crippen LogP contribution in [-0.4, -0.2) is 24.6 Å². The summed E-state index contributed by atoms with van der Waals surface area (Å²) in [6.07, 6.45) is 3.24. The molecule has 0 aromatic carbocycles. The molecule has 0 radical (unpaired) electrons. The molecule has 3 aromatic rings. The third-order valence-electron chi connectivity index (χ3n) is 2.14. The van der Waals surface area contributed by atoms with Crippen molar-refractivity contribution in [3.8, 4) is 11.5 Å². The van der Waals surface area contributed by atoms with Crippen LogP contribution in [0, 0.1) is 0 Å². The van der Waals surface area contributed by atoms with Crippen molar-refractivity contribution < 1.29 is 0 Å². The summed E-state index contributed by atoms with van der Waals surface area (Å²) in [5.74, 6) is 0.992. The van der Waals surface area contributed by atoms with Crippen molar-refractivity contribution in [2.45, 2.75) is 0 Å². The van der Waals surface area contributed by atoms with Gasteiger partial charge in [-0.3, -0.25) is 9.78 Å². The number of fused-ring (bicyclic) bond motifs is 1. The minimum atomic E-state index is -0.295. The third kappa shape index (κ3) is 1.36. The Morgan fingerprint density at radius 1 is 1.25 bits per heavy atom. The van der Waals surface area contributed by atoms with Gasteiger partial charge in [-0.25, -0.2) is 4.52 Å². The molecule has 0 atom stereocenters. The first-order chi connectivity index (χ1) is 7.83. The standard InChI is InChI=1S/C10H7N5O/c16-8-4-6-15-10(12-8)13-9(14-15)7-3-1-2-5-11-7/h1-6H,(H,12,13,14,16). The van der Waals surface area contributed by atoms with Crippen LogP contribution in [0.2, 0.25) is 0 Å². The number of aromatic amines is 1. The van der Waals surface area contributed by atoms with Gasteiger partial charge in [-0.05, 0) is 12.1 Å². The van der Waals surface area contributed by atoms with E-state index >= 15 is 0 Å². The highest BCUT2D eigenvalue weighted by atomic mass is 16.1. The molecule has 16 heavy (non-hydrogen) atoms. The summed E-state index contributed by atoms with van der Waals surface area (Å²) >= 11 is 0. The highest BCUT2D eigenvalue weighted by Gasteiger charge is 2.05. The maximum atomic E-state index is 11.0. The second kappa shape index (κ2) is 3.27. The van der Waals surface area contributed by atoms with Crippen molar-refractivity contribution in [2.75, 3.05) is 0 Å². The minimum absolute atomic E-state index is 0.295. The van der Waals surface area contributed by atoms with Gasteiger partial charge in [0.2, 0.25) is 5.78 Å². The van der Waals surface area contributed by atoms with Gasteiger partial charge in [0.05, 0.1) is 0 Å². The quantitative estimate of drug-likeness (QED) is 0.637. The van der Waals surface area contributed by atoms with Crippen LogP contribution in [0.5, 0.6) is 0 Å². The Labute approximate surface area is 89.6 Å². The average molecular weight is 213 g/mol. The summed E-state index contributed by atoms with van der Waals surface area (Å²) < 4.78 is 1.51. The monoisotopic (exact) mass is 213 g/mol. The van der Waals surface area contributed by atoms with Gasteiger partial charge in [-0.1, -0.05) is 6.07 Å². The Bertz CT molecular complexity index is 685. The van der Waals surface area contributed by atoms with Crippen LogP contribution >= 0.6 is 0 Å². The number of aromatic nitrogens is 5. The number of hydrogen-bond acceptors (Lipinski definition) is 4. The van der Waals surface area contributed by atoms with Gasteiger partial charge in [-0.2, -0.15) is 4.98 Å². The number of H-pyrrole nitrogens is 1. The van der Waals surface area contributed by atoms with Crippen molar-refractivity contribution in [3.05, 3.63) is 47.0 Å². The second-order valence-electron chi connectivity index (χ2n) is 3.22. The van der Waals surface area contributed by atoms with Crippen LogP contribution < -0.4 is 5.56 Å². The van der Waals surface area contributed by atoms with E-state index in [-0.39, 0.29) is 5.56 Å². The normalized spacial score (nSPS) is 10.8. The molecule has 0 spiro atoms. The average Bonchev–Trinajstić information content (AvgIpc) is 2.73. The number of nitrogens with one attached hydrogen (secondary N) is 1. The Morgan fingerprint density at radius 2 is 2.19 bits per heavy atom. The fourth-order valence-electron chi connectivity index (χ4n) is 1.42. The largest absolute Gasteiger partial charge is 0.305 e. The predicted molar refractivity (Wildman–Crippen MR) is 56.8 cm³/mol. The van der Waals surface area contributed by atoms with E-state index in [9.17, 15) is 4.79 Å². The Balaban J connectivity index is 2.23. The van der Waals surface area contributed by atoms with E-state index in [2.05, 4.69) is 20.1 Å². The number of pyridine rings is 1. The van der Waals surface area contributed by atoms with Crippen LogP contribution in [0.4, 0.5) is 0 Å². The van der Waals surface area contributed by atoms with Crippen LogP contribution in [0.1, 0.15) is 0 Å². The number of nitrogens with zero attached hydrogens (tertiary/aromatic N) is 4. The topological polar surface area (TPSA) is 75.9 Å². The maximum absolute atomic E-state index is 11.0. The van der Waals surface area contributed by atoms with E-state index in [1.54, 1.807) is 12.4 Å². The Kier molecular flexibility index (Phi) is 1.79. The zero-order valence-electron chi connectivity index (χ0n) is 8.16. The van der Waals surface area contributed by atoms with Gasteiger partial charge >= 0.3 is 0 Å². The molecule has 0 saturated carbocycles. The van der Waals surface area contributed by atoms with Crippen molar-refractivity contribution in [3.63, 3.8) is 0 Å². The Morgan fingerprint density at radius 3 is 3.00 bits per heavy atom. The number of hydrogen-bond donors (Lipinski definition) is 1. The Hall–Kier alpha value is -2.50. The summed E-state index contributed by atoms with van der Waals surface area (Å²) in [4.78, 5) is 21.9. The van der Waals surface area contributed by atoms with Crippen LogP contribution in [-0.2, 0) is 0 Å². The van der Waals surface area contributed by atoms with E-state index in [0.717, 1.165) is 0 Å². The fraction of sp³-hybridized carbons (Fsp3) is 0. The van der Waals surface area contributed by atoms with Crippen LogP contribution in [0.15, 0.2) is 41.5 Å². The van der Waals surface area contributed by atoms with E-state index in [1.165, 1.54) is 10.6 Å². The highest BCUT2D eigenvalue weighted by Crippen LogP contribution is 2.10. The number of rotatable bonds is 1. The molecule has 6 heteroatoms. The molecule has 0 aliphatic carbocycles. The SMILES string of the molecule is O=c1ccn2nc(-c3ccccn3)[nH]c2n1. The van der Waals surface area contributed by atoms with Crippen LogP contribution in [0.3, 0.4) is 0 Å². The van der Waals surface area contributed by atoms with Gasteiger partial charge in [-0.15, -0.1) is 5.10 Å². The summed E-state index contributed by atoms with van der Waals surface area (Å²) in [6, 6.07) is 6.88. The molecule has 0 unspecified atom stereocenters. The summed E-state index contributed by atoms with van der Waals surface area (Å²) in [5.41, 5.74) is 0.414. The molecular weight excluding hydrogens is 206 g/mol. The first kappa shape index (κ1) is 8.78. The first-order valence-corrected chi connectivity index (χ1v) is 4.70. The maximum Gasteiger partial charge on any atom is 0.274 e. The van der Waals surface area contributed by atoms with E-state index < -0.39 is 0 Å². The molecule has 0 fully saturated rings. The second-order valence-corrected chi connectivity index (χ2v) is 3.22. The zero-order valence-corrected chi connectivity index (χ0v) is 8.16. The van der Waals surface area contributed by atoms with E-state index in [0.29, 0.717) is 17.3 Å². The molecule has 0 aliphatic heterocycles. The van der Waals surface area contributed by atoms with Gasteiger partial charge in [0.1, 0.15) is 5.69 Å². The van der Waals surface area contributed by atoms with Crippen molar-refractivity contribution in [2.24, 2.45) is 0 Å². The van der Waals surface area contributed by atoms with E-state index in [1.807, 2.05) is 18.2 Å². The first-order valence-electron chi connectivity index (χ1n) is 4.70.